The maximum absolute atomic E-state index is 14.4. The van der Waals surface area contributed by atoms with Crippen molar-refractivity contribution < 1.29 is 23.5 Å². The number of hydrogen-bond acceptors (Lipinski definition) is 7. The van der Waals surface area contributed by atoms with Crippen LogP contribution in [0.4, 0.5) is 10.1 Å². The quantitative estimate of drug-likeness (QED) is 0.725. The first-order valence-corrected chi connectivity index (χ1v) is 9.08. The fourth-order valence-electron chi connectivity index (χ4n) is 3.30. The van der Waals surface area contributed by atoms with Gasteiger partial charge in [0.1, 0.15) is 11.9 Å². The molecule has 1 aliphatic carbocycles. The molecule has 2 aromatic rings. The highest BCUT2D eigenvalue weighted by molar-refractivity contribution is 5.90. The molecule has 0 spiro atoms. The van der Waals surface area contributed by atoms with Gasteiger partial charge in [-0.15, -0.1) is 5.10 Å². The predicted molar refractivity (Wildman–Crippen MR) is 98.8 cm³/mol. The number of halogens is 1. The molecule has 3 rings (SSSR count). The van der Waals surface area contributed by atoms with Crippen LogP contribution in [0.15, 0.2) is 24.4 Å². The van der Waals surface area contributed by atoms with Crippen LogP contribution in [0, 0.1) is 5.82 Å². The van der Waals surface area contributed by atoms with Crippen molar-refractivity contribution in [3.63, 3.8) is 0 Å². The zero-order valence-electron chi connectivity index (χ0n) is 16.1. The summed E-state index contributed by atoms with van der Waals surface area (Å²) in [7, 11) is 4.85. The smallest absolute Gasteiger partial charge is 0.360 e. The van der Waals surface area contributed by atoms with Gasteiger partial charge >= 0.3 is 11.9 Å². The Balaban J connectivity index is 1.76. The summed E-state index contributed by atoms with van der Waals surface area (Å²) >= 11 is 0. The molecule has 0 bridgehead atoms. The number of rotatable bonds is 5. The zero-order chi connectivity index (χ0) is 20.3. The lowest BCUT2D eigenvalue weighted by Gasteiger charge is -2.30. The standard InChI is InChI=1S/C19H23FN4O4/c1-23(2)12-8-9-13(14(20)10-12)18(25)28-17-7-5-4-6-16(17)24-11-15(21-22-24)19(26)27-3/h8-11,16-17H,4-7H2,1-3H3/t16-,17-/m1/s1. The van der Waals surface area contributed by atoms with Gasteiger partial charge in [-0.2, -0.15) is 0 Å². The summed E-state index contributed by atoms with van der Waals surface area (Å²) < 4.78 is 26.1. The van der Waals surface area contributed by atoms with Crippen molar-refractivity contribution >= 4 is 17.6 Å². The second-order valence-corrected chi connectivity index (χ2v) is 6.93. The molecule has 1 aliphatic rings. The number of methoxy groups -OCH3 is 1. The van der Waals surface area contributed by atoms with Gasteiger partial charge in [0.15, 0.2) is 5.69 Å². The average molecular weight is 390 g/mol. The molecule has 150 valence electrons. The molecule has 0 amide bonds. The molecule has 0 saturated heterocycles. The maximum atomic E-state index is 14.4. The van der Waals surface area contributed by atoms with Crippen LogP contribution in [-0.2, 0) is 9.47 Å². The molecule has 2 atom stereocenters. The fourth-order valence-corrected chi connectivity index (χ4v) is 3.30. The van der Waals surface area contributed by atoms with Crippen LogP contribution in [0.1, 0.15) is 52.6 Å². The summed E-state index contributed by atoms with van der Waals surface area (Å²) in [6.07, 6.45) is 4.15. The number of anilines is 1. The first-order chi connectivity index (χ1) is 13.4. The summed E-state index contributed by atoms with van der Waals surface area (Å²) in [6.45, 7) is 0. The molecule has 9 heteroatoms. The van der Waals surface area contributed by atoms with Gasteiger partial charge in [0, 0.05) is 19.8 Å². The van der Waals surface area contributed by atoms with Crippen molar-refractivity contribution in [2.24, 2.45) is 0 Å². The topological polar surface area (TPSA) is 86.5 Å². The van der Waals surface area contributed by atoms with E-state index in [1.165, 1.54) is 30.1 Å². The molecule has 1 fully saturated rings. The van der Waals surface area contributed by atoms with Crippen LogP contribution in [0.2, 0.25) is 0 Å². The van der Waals surface area contributed by atoms with Gasteiger partial charge in [-0.1, -0.05) is 11.6 Å². The van der Waals surface area contributed by atoms with Crippen LogP contribution in [0.5, 0.6) is 0 Å². The lowest BCUT2D eigenvalue weighted by atomic mass is 9.92. The maximum Gasteiger partial charge on any atom is 0.360 e. The van der Waals surface area contributed by atoms with E-state index in [0.717, 1.165) is 12.8 Å². The van der Waals surface area contributed by atoms with E-state index in [0.29, 0.717) is 18.5 Å². The minimum absolute atomic E-state index is 0.0865. The van der Waals surface area contributed by atoms with E-state index in [4.69, 9.17) is 4.74 Å². The SMILES string of the molecule is COC(=O)c1cn([C@@H]2CCCC[C@H]2OC(=O)c2ccc(N(C)C)cc2F)nn1. The first-order valence-electron chi connectivity index (χ1n) is 9.08. The van der Waals surface area contributed by atoms with E-state index in [1.807, 2.05) is 0 Å². The summed E-state index contributed by atoms with van der Waals surface area (Å²) in [5.41, 5.74) is 0.634. The number of aromatic nitrogens is 3. The van der Waals surface area contributed by atoms with Gasteiger partial charge in [-0.05, 0) is 37.5 Å². The van der Waals surface area contributed by atoms with Crippen molar-refractivity contribution in [1.82, 2.24) is 15.0 Å². The van der Waals surface area contributed by atoms with E-state index in [1.54, 1.807) is 25.1 Å². The lowest BCUT2D eigenvalue weighted by molar-refractivity contribution is 0.00130. The molecule has 0 radical (unpaired) electrons. The average Bonchev–Trinajstić information content (AvgIpc) is 3.17. The first kappa shape index (κ1) is 19.8. The summed E-state index contributed by atoms with van der Waals surface area (Å²) in [4.78, 5) is 25.9. The Hall–Kier alpha value is -2.97. The molecular weight excluding hydrogens is 367 g/mol. The van der Waals surface area contributed by atoms with Crippen molar-refractivity contribution in [1.29, 1.82) is 0 Å². The highest BCUT2D eigenvalue weighted by atomic mass is 19.1. The van der Waals surface area contributed by atoms with Gasteiger partial charge < -0.3 is 14.4 Å². The predicted octanol–water partition coefficient (Wildman–Crippen LogP) is 2.61. The normalized spacial score (nSPS) is 19.1. The third-order valence-corrected chi connectivity index (χ3v) is 4.86. The molecule has 8 nitrogen and oxygen atoms in total. The highest BCUT2D eigenvalue weighted by Gasteiger charge is 2.32. The minimum atomic E-state index is -0.715. The van der Waals surface area contributed by atoms with Crippen molar-refractivity contribution in [3.8, 4) is 0 Å². The van der Waals surface area contributed by atoms with E-state index in [2.05, 4.69) is 15.0 Å². The Kier molecular flexibility index (Phi) is 5.91. The van der Waals surface area contributed by atoms with Crippen LogP contribution < -0.4 is 4.90 Å². The number of ether oxygens (including phenoxy) is 2. The van der Waals surface area contributed by atoms with Gasteiger partial charge in [0.2, 0.25) is 0 Å². The number of esters is 2. The fraction of sp³-hybridized carbons (Fsp3) is 0.474. The number of benzene rings is 1. The Bertz CT molecular complexity index is 867. The van der Waals surface area contributed by atoms with Crippen molar-refractivity contribution in [2.75, 3.05) is 26.1 Å². The van der Waals surface area contributed by atoms with Crippen LogP contribution in [-0.4, -0.2) is 54.2 Å². The summed E-state index contributed by atoms with van der Waals surface area (Å²) in [5.74, 6) is -1.93. The summed E-state index contributed by atoms with van der Waals surface area (Å²) in [5, 5.41) is 7.79. The van der Waals surface area contributed by atoms with Gasteiger partial charge in [-0.25, -0.2) is 18.7 Å². The molecule has 1 saturated carbocycles. The molecule has 28 heavy (non-hydrogen) atoms. The summed E-state index contributed by atoms with van der Waals surface area (Å²) in [6, 6.07) is 4.12. The minimum Gasteiger partial charge on any atom is -0.464 e. The third-order valence-electron chi connectivity index (χ3n) is 4.86. The number of carbonyl (C=O) groups excluding carboxylic acids is 2. The number of nitrogens with zero attached hydrogens (tertiary/aromatic N) is 4. The van der Waals surface area contributed by atoms with E-state index in [9.17, 15) is 14.0 Å². The Labute approximate surface area is 162 Å². The number of hydrogen-bond donors (Lipinski definition) is 0. The zero-order valence-corrected chi connectivity index (χ0v) is 16.1. The van der Waals surface area contributed by atoms with Gasteiger partial charge in [0.05, 0.1) is 24.9 Å². The van der Waals surface area contributed by atoms with Crippen molar-refractivity contribution in [2.45, 2.75) is 37.8 Å². The molecule has 0 N–H and O–H groups in total. The molecule has 1 aromatic carbocycles. The van der Waals surface area contributed by atoms with Crippen LogP contribution in [0.3, 0.4) is 0 Å². The second-order valence-electron chi connectivity index (χ2n) is 6.93. The van der Waals surface area contributed by atoms with E-state index >= 15 is 0 Å². The van der Waals surface area contributed by atoms with Crippen molar-refractivity contribution in [3.05, 3.63) is 41.5 Å². The van der Waals surface area contributed by atoms with Crippen LogP contribution >= 0.6 is 0 Å². The molecular formula is C19H23FN4O4. The molecule has 0 aliphatic heterocycles. The Morgan fingerprint density at radius 3 is 2.64 bits per heavy atom. The molecule has 0 unspecified atom stereocenters. The largest absolute Gasteiger partial charge is 0.464 e. The lowest BCUT2D eigenvalue weighted by Crippen LogP contribution is -2.33. The molecule has 1 aromatic heterocycles. The molecule has 1 heterocycles. The Morgan fingerprint density at radius 1 is 1.21 bits per heavy atom. The highest BCUT2D eigenvalue weighted by Crippen LogP contribution is 2.31. The Morgan fingerprint density at radius 2 is 1.96 bits per heavy atom. The monoisotopic (exact) mass is 390 g/mol. The number of carbonyl (C=O) groups is 2. The van der Waals surface area contributed by atoms with E-state index < -0.39 is 23.9 Å². The third kappa shape index (κ3) is 4.13. The second kappa shape index (κ2) is 8.37. The van der Waals surface area contributed by atoms with E-state index in [-0.39, 0.29) is 17.3 Å². The van der Waals surface area contributed by atoms with Crippen LogP contribution in [0.25, 0.3) is 0 Å². The van der Waals surface area contributed by atoms with Gasteiger partial charge in [0.25, 0.3) is 0 Å². The van der Waals surface area contributed by atoms with Gasteiger partial charge in [-0.3, -0.25) is 0 Å².